The van der Waals surface area contributed by atoms with Crippen LogP contribution in [0.4, 0.5) is 0 Å². The molecule has 0 aromatic heterocycles. The lowest BCUT2D eigenvalue weighted by atomic mass is 9.54. The van der Waals surface area contributed by atoms with Crippen molar-refractivity contribution in [3.8, 4) is 0 Å². The van der Waals surface area contributed by atoms with Crippen LogP contribution in [0.3, 0.4) is 0 Å². The summed E-state index contributed by atoms with van der Waals surface area (Å²) < 4.78 is 0. The van der Waals surface area contributed by atoms with Crippen molar-refractivity contribution in [2.45, 2.75) is 65.9 Å². The maximum atomic E-state index is 10.2. The largest absolute Gasteiger partial charge is 0.390 e. The third-order valence-electron chi connectivity index (χ3n) is 5.63. The molecule has 4 atom stereocenters. The molecule has 1 nitrogen and oxygen atoms in total. The molecule has 0 amide bonds. The van der Waals surface area contributed by atoms with Gasteiger partial charge in [0.25, 0.3) is 0 Å². The first-order valence-corrected chi connectivity index (χ1v) is 7.18. The number of rotatable bonds is 1. The first kappa shape index (κ1) is 13.1. The average molecular weight is 236 g/mol. The summed E-state index contributed by atoms with van der Waals surface area (Å²) in [5.74, 6) is 2.33. The first-order valence-electron chi connectivity index (χ1n) is 7.18. The lowest BCUT2D eigenvalue weighted by Gasteiger charge is -2.52. The monoisotopic (exact) mass is 236 g/mol. The highest BCUT2D eigenvalue weighted by molar-refractivity contribution is 5.24. The Morgan fingerprint density at radius 3 is 2.53 bits per heavy atom. The number of hydrogen-bond acceptors (Lipinski definition) is 1. The van der Waals surface area contributed by atoms with E-state index in [0.29, 0.717) is 5.41 Å². The van der Waals surface area contributed by atoms with Gasteiger partial charge in [-0.05, 0) is 55.8 Å². The van der Waals surface area contributed by atoms with Crippen molar-refractivity contribution in [1.29, 1.82) is 0 Å². The molecule has 1 N–H and O–H groups in total. The Kier molecular flexibility index (Phi) is 3.18. The van der Waals surface area contributed by atoms with E-state index in [0.717, 1.165) is 37.0 Å². The van der Waals surface area contributed by atoms with Crippen LogP contribution in [0.2, 0.25) is 0 Å². The van der Waals surface area contributed by atoms with E-state index in [1.165, 1.54) is 12.0 Å². The Morgan fingerprint density at radius 2 is 1.94 bits per heavy atom. The van der Waals surface area contributed by atoms with E-state index in [4.69, 9.17) is 0 Å². The summed E-state index contributed by atoms with van der Waals surface area (Å²) in [4.78, 5) is 0. The molecule has 0 saturated heterocycles. The highest BCUT2D eigenvalue weighted by Crippen LogP contribution is 2.55. The van der Waals surface area contributed by atoms with Gasteiger partial charge in [-0.15, -0.1) is 0 Å². The number of allylic oxidation sites excluding steroid dienone is 1. The van der Waals surface area contributed by atoms with Crippen LogP contribution in [-0.4, -0.2) is 10.7 Å². The van der Waals surface area contributed by atoms with Gasteiger partial charge in [0, 0.05) is 0 Å². The third kappa shape index (κ3) is 2.19. The predicted octanol–water partition coefficient (Wildman–Crippen LogP) is 4.17. The van der Waals surface area contributed by atoms with Gasteiger partial charge in [0.1, 0.15) is 0 Å². The summed E-state index contributed by atoms with van der Waals surface area (Å²) in [5.41, 5.74) is 1.41. The number of aliphatic hydroxyl groups is 1. The molecule has 2 unspecified atom stereocenters. The smallest absolute Gasteiger partial charge is 0.0657 e. The third-order valence-corrected chi connectivity index (χ3v) is 5.63. The van der Waals surface area contributed by atoms with E-state index >= 15 is 0 Å². The highest BCUT2D eigenvalue weighted by Gasteiger charge is 2.47. The van der Waals surface area contributed by atoms with Crippen LogP contribution in [0, 0.1) is 23.2 Å². The summed E-state index contributed by atoms with van der Waals surface area (Å²) >= 11 is 0. The van der Waals surface area contributed by atoms with Crippen LogP contribution >= 0.6 is 0 Å². The normalized spacial score (nSPS) is 46.6. The van der Waals surface area contributed by atoms with Gasteiger partial charge >= 0.3 is 0 Å². The van der Waals surface area contributed by atoms with E-state index < -0.39 is 5.60 Å². The second-order valence-electron chi connectivity index (χ2n) is 7.25. The summed E-state index contributed by atoms with van der Waals surface area (Å²) in [6.45, 7) is 11.5. The van der Waals surface area contributed by atoms with E-state index in [2.05, 4.69) is 33.8 Å². The maximum absolute atomic E-state index is 10.2. The molecular weight excluding hydrogens is 208 g/mol. The van der Waals surface area contributed by atoms with Crippen LogP contribution in [0.5, 0.6) is 0 Å². The summed E-state index contributed by atoms with van der Waals surface area (Å²) in [6.07, 6.45) is 6.64. The second-order valence-corrected chi connectivity index (χ2v) is 7.25. The van der Waals surface area contributed by atoms with Crippen molar-refractivity contribution in [3.05, 3.63) is 11.6 Å². The molecule has 1 fully saturated rings. The predicted molar refractivity (Wildman–Crippen MR) is 72.8 cm³/mol. The first-order chi connectivity index (χ1) is 7.76. The van der Waals surface area contributed by atoms with E-state index in [1.807, 2.05) is 6.92 Å². The molecule has 0 heterocycles. The Morgan fingerprint density at radius 1 is 1.29 bits per heavy atom. The van der Waals surface area contributed by atoms with Crippen LogP contribution in [0.1, 0.15) is 60.3 Å². The Balaban J connectivity index is 2.28. The van der Waals surface area contributed by atoms with Crippen molar-refractivity contribution in [2.24, 2.45) is 23.2 Å². The second kappa shape index (κ2) is 4.12. The quantitative estimate of drug-likeness (QED) is 0.678. The molecule has 0 aliphatic heterocycles. The zero-order chi connectivity index (χ0) is 12.8. The van der Waals surface area contributed by atoms with Crippen molar-refractivity contribution in [3.63, 3.8) is 0 Å². The Labute approximate surface area is 106 Å². The summed E-state index contributed by atoms with van der Waals surface area (Å²) in [5, 5.41) is 10.2. The van der Waals surface area contributed by atoms with E-state index in [9.17, 15) is 5.11 Å². The molecule has 0 bridgehead atoms. The van der Waals surface area contributed by atoms with Gasteiger partial charge < -0.3 is 5.11 Å². The standard InChI is InChI=1S/C16H28O/c1-11(2)14-7-6-13-10-15(4,17)8-9-16(13,5)12(14)3/h6,11-12,14,17H,7-10H2,1-5H3/t12?,14?,15-,16+/m0/s1. The summed E-state index contributed by atoms with van der Waals surface area (Å²) in [6, 6.07) is 0. The fraction of sp³-hybridized carbons (Fsp3) is 0.875. The lowest BCUT2D eigenvalue weighted by Crippen LogP contribution is -2.45. The molecule has 1 saturated carbocycles. The van der Waals surface area contributed by atoms with Gasteiger partial charge in [0.05, 0.1) is 5.60 Å². The number of hydrogen-bond donors (Lipinski definition) is 1. The molecule has 2 rings (SSSR count). The number of fused-ring (bicyclic) bond motifs is 1. The average Bonchev–Trinajstić information content (AvgIpc) is 2.21. The maximum Gasteiger partial charge on any atom is 0.0657 e. The minimum Gasteiger partial charge on any atom is -0.390 e. The van der Waals surface area contributed by atoms with Crippen molar-refractivity contribution in [2.75, 3.05) is 0 Å². The van der Waals surface area contributed by atoms with Crippen molar-refractivity contribution in [1.82, 2.24) is 0 Å². The molecule has 2 aliphatic carbocycles. The molecule has 17 heavy (non-hydrogen) atoms. The van der Waals surface area contributed by atoms with Crippen LogP contribution in [0.15, 0.2) is 11.6 Å². The van der Waals surface area contributed by atoms with Gasteiger partial charge in [-0.1, -0.05) is 39.3 Å². The zero-order valence-corrected chi connectivity index (χ0v) is 12.1. The molecule has 0 aromatic carbocycles. The fourth-order valence-electron chi connectivity index (χ4n) is 4.02. The van der Waals surface area contributed by atoms with E-state index in [-0.39, 0.29) is 0 Å². The lowest BCUT2D eigenvalue weighted by molar-refractivity contribution is -0.0134. The van der Waals surface area contributed by atoms with E-state index in [1.54, 1.807) is 0 Å². The molecule has 0 spiro atoms. The molecule has 1 heteroatoms. The van der Waals surface area contributed by atoms with Gasteiger partial charge in [-0.2, -0.15) is 0 Å². The molecule has 98 valence electrons. The minimum atomic E-state index is -0.463. The fourth-order valence-corrected chi connectivity index (χ4v) is 4.02. The molecule has 0 radical (unpaired) electrons. The Bertz CT molecular complexity index is 326. The molecular formula is C16H28O. The topological polar surface area (TPSA) is 20.2 Å². The highest BCUT2D eigenvalue weighted by atomic mass is 16.3. The zero-order valence-electron chi connectivity index (χ0n) is 12.1. The van der Waals surface area contributed by atoms with Gasteiger partial charge in [0.2, 0.25) is 0 Å². The van der Waals surface area contributed by atoms with Gasteiger partial charge in [0.15, 0.2) is 0 Å². The SMILES string of the molecule is CC(C)C1CC=C2C[C@@](C)(O)CC[C@]2(C)C1C. The molecule has 2 aliphatic rings. The van der Waals surface area contributed by atoms with Gasteiger partial charge in [-0.25, -0.2) is 0 Å². The van der Waals surface area contributed by atoms with Crippen LogP contribution < -0.4 is 0 Å². The summed E-state index contributed by atoms with van der Waals surface area (Å²) in [7, 11) is 0. The molecule has 0 aromatic rings. The van der Waals surface area contributed by atoms with Gasteiger partial charge in [-0.3, -0.25) is 0 Å². The van der Waals surface area contributed by atoms with Crippen LogP contribution in [-0.2, 0) is 0 Å². The Hall–Kier alpha value is -0.300. The van der Waals surface area contributed by atoms with Crippen molar-refractivity contribution >= 4 is 0 Å². The van der Waals surface area contributed by atoms with Crippen molar-refractivity contribution < 1.29 is 5.11 Å². The van der Waals surface area contributed by atoms with Crippen LogP contribution in [0.25, 0.3) is 0 Å². The minimum absolute atomic E-state index is 0.343.